The lowest BCUT2D eigenvalue weighted by Crippen LogP contribution is -2.43. The predicted octanol–water partition coefficient (Wildman–Crippen LogP) is 6.42. The first-order valence-electron chi connectivity index (χ1n) is 10.9. The number of phenolic OH excluding ortho intramolecular Hbond substituents is 1. The number of hydrogen-bond donors (Lipinski definition) is 1. The van der Waals surface area contributed by atoms with Gasteiger partial charge in [0.1, 0.15) is 18.1 Å². The van der Waals surface area contributed by atoms with Gasteiger partial charge in [-0.15, -0.1) is 0 Å². The topological polar surface area (TPSA) is 47.9 Å². The van der Waals surface area contributed by atoms with Gasteiger partial charge >= 0.3 is 0 Å². The van der Waals surface area contributed by atoms with Crippen LogP contribution in [0.4, 0.5) is 0 Å². The van der Waals surface area contributed by atoms with E-state index in [1.165, 1.54) is 0 Å². The molecule has 0 bridgehead atoms. The van der Waals surface area contributed by atoms with Crippen molar-refractivity contribution in [1.82, 2.24) is 0 Å². The van der Waals surface area contributed by atoms with Crippen molar-refractivity contribution in [1.29, 1.82) is 0 Å². The fourth-order valence-electron chi connectivity index (χ4n) is 4.74. The molecule has 0 saturated carbocycles. The van der Waals surface area contributed by atoms with Crippen LogP contribution in [0.15, 0.2) is 97.1 Å². The van der Waals surface area contributed by atoms with Crippen LogP contribution in [0.1, 0.15) is 11.1 Å². The number of benzene rings is 5. The Kier molecular flexibility index (Phi) is 4.40. The van der Waals surface area contributed by atoms with Crippen molar-refractivity contribution in [2.24, 2.45) is 0 Å². The van der Waals surface area contributed by atoms with Crippen molar-refractivity contribution >= 4 is 21.5 Å². The molecule has 5 aromatic rings. The average Bonchev–Trinajstić information content (AvgIpc) is 2.89. The van der Waals surface area contributed by atoms with Gasteiger partial charge in [0, 0.05) is 21.9 Å². The lowest BCUT2D eigenvalue weighted by atomic mass is 9.85. The molecule has 0 aromatic heterocycles. The zero-order chi connectivity index (χ0) is 22.4. The Balaban J connectivity index is 1.62. The van der Waals surface area contributed by atoms with E-state index in [1.54, 1.807) is 19.2 Å². The van der Waals surface area contributed by atoms with E-state index in [0.717, 1.165) is 49.9 Å². The van der Waals surface area contributed by atoms with Crippen LogP contribution in [0, 0.1) is 0 Å². The monoisotopic (exact) mass is 434 g/mol. The molecule has 1 atom stereocenters. The maximum atomic E-state index is 9.91. The molecule has 0 amide bonds. The van der Waals surface area contributed by atoms with Gasteiger partial charge in [0.2, 0.25) is 0 Å². The second-order valence-electron chi connectivity index (χ2n) is 8.24. The highest BCUT2D eigenvalue weighted by molar-refractivity contribution is 6.13. The molecular formula is C29H22O4. The molecule has 0 aliphatic carbocycles. The summed E-state index contributed by atoms with van der Waals surface area (Å²) >= 11 is 0. The van der Waals surface area contributed by atoms with Gasteiger partial charge in [-0.3, -0.25) is 0 Å². The lowest BCUT2D eigenvalue weighted by molar-refractivity contribution is 0.0235. The van der Waals surface area contributed by atoms with E-state index in [1.807, 2.05) is 60.7 Å². The fraction of sp³-hybridized carbons (Fsp3) is 0.103. The molecule has 162 valence electrons. The molecule has 1 aliphatic heterocycles. The van der Waals surface area contributed by atoms with Gasteiger partial charge in [0.05, 0.1) is 7.11 Å². The van der Waals surface area contributed by atoms with E-state index < -0.39 is 5.60 Å². The molecular weight excluding hydrogens is 412 g/mol. The number of ether oxygens (including phenoxy) is 3. The molecule has 1 unspecified atom stereocenters. The Hall–Kier alpha value is -4.18. The lowest BCUT2D eigenvalue weighted by Gasteiger charge is -2.40. The van der Waals surface area contributed by atoms with E-state index >= 15 is 0 Å². The quantitative estimate of drug-likeness (QED) is 0.333. The van der Waals surface area contributed by atoms with Gasteiger partial charge in [0.25, 0.3) is 0 Å². The molecule has 1 heterocycles. The number of fused-ring (bicyclic) bond motifs is 6. The van der Waals surface area contributed by atoms with Gasteiger partial charge in [-0.1, -0.05) is 72.8 Å². The maximum absolute atomic E-state index is 9.91. The molecule has 33 heavy (non-hydrogen) atoms. The third kappa shape index (κ3) is 2.99. The first-order chi connectivity index (χ1) is 16.2. The SMILES string of the molecule is COc1ccc(C2(c3ccc(O)cc3)COc3c(c4ccccc4c4ccccc34)O2)cc1. The van der Waals surface area contributed by atoms with E-state index in [-0.39, 0.29) is 5.75 Å². The molecule has 0 radical (unpaired) electrons. The normalized spacial score (nSPS) is 17.2. The van der Waals surface area contributed by atoms with E-state index in [4.69, 9.17) is 14.2 Å². The van der Waals surface area contributed by atoms with Crippen LogP contribution >= 0.6 is 0 Å². The third-order valence-corrected chi connectivity index (χ3v) is 6.43. The van der Waals surface area contributed by atoms with Gasteiger partial charge in [-0.05, 0) is 35.0 Å². The highest BCUT2D eigenvalue weighted by Gasteiger charge is 2.43. The van der Waals surface area contributed by atoms with E-state index in [0.29, 0.717) is 6.61 Å². The van der Waals surface area contributed by atoms with Crippen LogP contribution in [0.5, 0.6) is 23.0 Å². The van der Waals surface area contributed by atoms with Gasteiger partial charge in [-0.2, -0.15) is 0 Å². The largest absolute Gasteiger partial charge is 0.508 e. The van der Waals surface area contributed by atoms with Gasteiger partial charge < -0.3 is 19.3 Å². The Morgan fingerprint density at radius 1 is 0.667 bits per heavy atom. The van der Waals surface area contributed by atoms with Crippen LogP contribution < -0.4 is 14.2 Å². The summed E-state index contributed by atoms with van der Waals surface area (Å²) in [6.45, 7) is 0.291. The maximum Gasteiger partial charge on any atom is 0.193 e. The van der Waals surface area contributed by atoms with Crippen molar-refractivity contribution < 1.29 is 19.3 Å². The van der Waals surface area contributed by atoms with Crippen LogP contribution in [-0.2, 0) is 5.60 Å². The first kappa shape index (κ1) is 19.5. The summed E-state index contributed by atoms with van der Waals surface area (Å²) in [6.07, 6.45) is 0. The second kappa shape index (κ2) is 7.45. The molecule has 0 fully saturated rings. The van der Waals surface area contributed by atoms with Crippen molar-refractivity contribution in [2.45, 2.75) is 5.60 Å². The minimum Gasteiger partial charge on any atom is -0.508 e. The molecule has 5 aromatic carbocycles. The molecule has 0 spiro atoms. The summed E-state index contributed by atoms with van der Waals surface area (Å²) in [7, 11) is 1.65. The number of aromatic hydroxyl groups is 1. The Morgan fingerprint density at radius 3 is 1.76 bits per heavy atom. The summed E-state index contributed by atoms with van der Waals surface area (Å²) in [5.74, 6) is 2.46. The predicted molar refractivity (Wildman–Crippen MR) is 129 cm³/mol. The summed E-state index contributed by atoms with van der Waals surface area (Å²) in [5.41, 5.74) is 0.948. The zero-order valence-electron chi connectivity index (χ0n) is 18.1. The van der Waals surface area contributed by atoms with Gasteiger partial charge in [-0.25, -0.2) is 0 Å². The van der Waals surface area contributed by atoms with Gasteiger partial charge in [0.15, 0.2) is 17.1 Å². The van der Waals surface area contributed by atoms with Crippen LogP contribution in [0.2, 0.25) is 0 Å². The zero-order valence-corrected chi connectivity index (χ0v) is 18.1. The molecule has 0 saturated heterocycles. The molecule has 4 heteroatoms. The summed E-state index contributed by atoms with van der Waals surface area (Å²) in [4.78, 5) is 0. The second-order valence-corrected chi connectivity index (χ2v) is 8.24. The number of phenols is 1. The molecule has 1 N–H and O–H groups in total. The molecule has 6 rings (SSSR count). The van der Waals surface area contributed by atoms with Crippen LogP contribution in [-0.4, -0.2) is 18.8 Å². The van der Waals surface area contributed by atoms with Crippen LogP contribution in [0.25, 0.3) is 21.5 Å². The van der Waals surface area contributed by atoms with Crippen molar-refractivity contribution in [3.05, 3.63) is 108 Å². The first-order valence-corrected chi connectivity index (χ1v) is 10.9. The average molecular weight is 434 g/mol. The van der Waals surface area contributed by atoms with E-state index in [9.17, 15) is 5.11 Å². The molecule has 1 aliphatic rings. The fourth-order valence-corrected chi connectivity index (χ4v) is 4.74. The Morgan fingerprint density at radius 2 is 1.18 bits per heavy atom. The number of methoxy groups -OCH3 is 1. The smallest absolute Gasteiger partial charge is 0.193 e. The molecule has 4 nitrogen and oxygen atoms in total. The minimum atomic E-state index is -0.891. The number of hydrogen-bond acceptors (Lipinski definition) is 4. The number of rotatable bonds is 3. The Bertz CT molecular complexity index is 1470. The standard InChI is InChI=1S/C29H22O4/c1-31-22-16-12-20(13-17-22)29(19-10-14-21(30)15-11-19)18-32-27-25-8-4-2-6-23(25)24-7-3-5-9-26(24)28(27)33-29/h2-17,30H,18H2,1H3. The highest BCUT2D eigenvalue weighted by atomic mass is 16.6. The van der Waals surface area contributed by atoms with Crippen molar-refractivity contribution in [2.75, 3.05) is 13.7 Å². The minimum absolute atomic E-state index is 0.206. The summed E-state index contributed by atoms with van der Waals surface area (Å²) in [5, 5.41) is 14.2. The Labute approximate surface area is 191 Å². The van der Waals surface area contributed by atoms with Crippen LogP contribution in [0.3, 0.4) is 0 Å². The van der Waals surface area contributed by atoms with E-state index in [2.05, 4.69) is 24.3 Å². The highest BCUT2D eigenvalue weighted by Crippen LogP contribution is 2.51. The summed E-state index contributed by atoms with van der Waals surface area (Å²) in [6, 6.07) is 31.5. The van der Waals surface area contributed by atoms with Crippen molar-refractivity contribution in [3.8, 4) is 23.0 Å². The third-order valence-electron chi connectivity index (χ3n) is 6.43. The van der Waals surface area contributed by atoms with Crippen molar-refractivity contribution in [3.63, 3.8) is 0 Å². The summed E-state index contributed by atoms with van der Waals surface area (Å²) < 4.78 is 18.9.